The fourth-order valence-electron chi connectivity index (χ4n) is 1.97. The summed E-state index contributed by atoms with van der Waals surface area (Å²) < 4.78 is 23.5. The SMILES string of the molecule is COc1ccc(CNCC2(CN)COC2)cc1F. The van der Waals surface area contributed by atoms with Crippen LogP contribution in [0.25, 0.3) is 0 Å². The van der Waals surface area contributed by atoms with E-state index in [2.05, 4.69) is 5.32 Å². The van der Waals surface area contributed by atoms with E-state index in [0.717, 1.165) is 12.1 Å². The number of hydrogen-bond donors (Lipinski definition) is 2. The maximum atomic E-state index is 13.5. The maximum absolute atomic E-state index is 13.5. The summed E-state index contributed by atoms with van der Waals surface area (Å²) in [6.45, 7) is 3.41. The van der Waals surface area contributed by atoms with Crippen LogP contribution in [0.5, 0.6) is 5.75 Å². The molecule has 0 aliphatic carbocycles. The second-order valence-corrected chi connectivity index (χ2v) is 4.77. The molecule has 0 saturated carbocycles. The highest BCUT2D eigenvalue weighted by atomic mass is 19.1. The molecule has 0 aromatic heterocycles. The van der Waals surface area contributed by atoms with Gasteiger partial charge in [-0.25, -0.2) is 4.39 Å². The Morgan fingerprint density at radius 3 is 2.78 bits per heavy atom. The smallest absolute Gasteiger partial charge is 0.165 e. The van der Waals surface area contributed by atoms with Crippen LogP contribution in [0.3, 0.4) is 0 Å². The molecule has 0 bridgehead atoms. The summed E-state index contributed by atoms with van der Waals surface area (Å²) >= 11 is 0. The second-order valence-electron chi connectivity index (χ2n) is 4.77. The number of halogens is 1. The zero-order valence-electron chi connectivity index (χ0n) is 10.5. The number of hydrogen-bond acceptors (Lipinski definition) is 4. The van der Waals surface area contributed by atoms with Gasteiger partial charge in [0.1, 0.15) is 0 Å². The van der Waals surface area contributed by atoms with Crippen molar-refractivity contribution in [2.45, 2.75) is 6.54 Å². The lowest BCUT2D eigenvalue weighted by Gasteiger charge is -2.40. The summed E-state index contributed by atoms with van der Waals surface area (Å²) in [6.07, 6.45) is 0. The first-order chi connectivity index (χ1) is 8.69. The standard InChI is InChI=1S/C13H19FN2O2/c1-17-12-3-2-10(4-11(12)14)5-16-7-13(6-15)8-18-9-13/h2-4,16H,5-9,15H2,1H3. The Balaban J connectivity index is 1.85. The highest BCUT2D eigenvalue weighted by Crippen LogP contribution is 2.25. The molecule has 1 aliphatic heterocycles. The first kappa shape index (κ1) is 13.3. The molecule has 100 valence electrons. The van der Waals surface area contributed by atoms with Crippen molar-refractivity contribution in [3.63, 3.8) is 0 Å². The van der Waals surface area contributed by atoms with E-state index < -0.39 is 0 Å². The molecule has 5 heteroatoms. The Labute approximate surface area is 106 Å². The van der Waals surface area contributed by atoms with Gasteiger partial charge in [-0.15, -0.1) is 0 Å². The van der Waals surface area contributed by atoms with Crippen LogP contribution in [0.15, 0.2) is 18.2 Å². The van der Waals surface area contributed by atoms with E-state index in [-0.39, 0.29) is 17.0 Å². The number of ether oxygens (including phenoxy) is 2. The topological polar surface area (TPSA) is 56.5 Å². The van der Waals surface area contributed by atoms with Gasteiger partial charge in [-0.1, -0.05) is 6.07 Å². The summed E-state index contributed by atoms with van der Waals surface area (Å²) in [7, 11) is 1.46. The van der Waals surface area contributed by atoms with Crippen molar-refractivity contribution in [2.75, 3.05) is 33.4 Å². The monoisotopic (exact) mass is 254 g/mol. The average Bonchev–Trinajstić information content (AvgIpc) is 2.33. The number of rotatable bonds is 6. The number of nitrogens with two attached hydrogens (primary N) is 1. The summed E-state index contributed by atoms with van der Waals surface area (Å²) in [5.41, 5.74) is 6.66. The lowest BCUT2D eigenvalue weighted by atomic mass is 9.86. The summed E-state index contributed by atoms with van der Waals surface area (Å²) in [6, 6.07) is 4.97. The van der Waals surface area contributed by atoms with Crippen LogP contribution < -0.4 is 15.8 Å². The molecule has 0 amide bonds. The van der Waals surface area contributed by atoms with Gasteiger partial charge in [0, 0.05) is 25.0 Å². The van der Waals surface area contributed by atoms with Crippen molar-refractivity contribution in [3.05, 3.63) is 29.6 Å². The Morgan fingerprint density at radius 1 is 1.50 bits per heavy atom. The summed E-state index contributed by atoms with van der Waals surface area (Å²) in [5, 5.41) is 3.29. The molecule has 2 rings (SSSR count). The van der Waals surface area contributed by atoms with Crippen molar-refractivity contribution in [1.29, 1.82) is 0 Å². The molecule has 1 aliphatic rings. The number of methoxy groups -OCH3 is 1. The molecule has 18 heavy (non-hydrogen) atoms. The Bertz CT molecular complexity index is 402. The molecule has 0 spiro atoms. The van der Waals surface area contributed by atoms with Crippen molar-refractivity contribution < 1.29 is 13.9 Å². The van der Waals surface area contributed by atoms with Gasteiger partial charge in [-0.3, -0.25) is 0 Å². The fourth-order valence-corrected chi connectivity index (χ4v) is 1.97. The van der Waals surface area contributed by atoms with Gasteiger partial charge in [0.15, 0.2) is 11.6 Å². The van der Waals surface area contributed by atoms with Crippen molar-refractivity contribution in [1.82, 2.24) is 5.32 Å². The van der Waals surface area contributed by atoms with Crippen LogP contribution in [-0.4, -0.2) is 33.4 Å². The van der Waals surface area contributed by atoms with Gasteiger partial charge in [0.05, 0.1) is 20.3 Å². The molecule has 1 saturated heterocycles. The van der Waals surface area contributed by atoms with E-state index in [1.807, 2.05) is 6.07 Å². The molecule has 0 unspecified atom stereocenters. The van der Waals surface area contributed by atoms with Crippen LogP contribution in [0.4, 0.5) is 4.39 Å². The Kier molecular flexibility index (Phi) is 4.16. The molecule has 1 fully saturated rings. The third kappa shape index (κ3) is 2.80. The second kappa shape index (κ2) is 5.65. The first-order valence-electron chi connectivity index (χ1n) is 6.00. The van der Waals surface area contributed by atoms with Gasteiger partial charge in [0.2, 0.25) is 0 Å². The van der Waals surface area contributed by atoms with E-state index in [1.54, 1.807) is 6.07 Å². The minimum absolute atomic E-state index is 0.0605. The molecule has 0 atom stereocenters. The largest absolute Gasteiger partial charge is 0.494 e. The van der Waals surface area contributed by atoms with E-state index in [0.29, 0.717) is 26.3 Å². The van der Waals surface area contributed by atoms with Crippen molar-refractivity contribution >= 4 is 0 Å². The van der Waals surface area contributed by atoms with Crippen LogP contribution in [0.2, 0.25) is 0 Å². The van der Waals surface area contributed by atoms with Crippen LogP contribution in [0.1, 0.15) is 5.56 Å². The van der Waals surface area contributed by atoms with Gasteiger partial charge in [0.25, 0.3) is 0 Å². The predicted molar refractivity (Wildman–Crippen MR) is 67.0 cm³/mol. The van der Waals surface area contributed by atoms with Crippen LogP contribution >= 0.6 is 0 Å². The quantitative estimate of drug-likeness (QED) is 0.792. The minimum Gasteiger partial charge on any atom is -0.494 e. The molecule has 1 heterocycles. The fraction of sp³-hybridized carbons (Fsp3) is 0.538. The maximum Gasteiger partial charge on any atom is 0.165 e. The molecule has 1 aromatic rings. The van der Waals surface area contributed by atoms with E-state index in [9.17, 15) is 4.39 Å². The molecule has 0 radical (unpaired) electrons. The lowest BCUT2D eigenvalue weighted by Crippen LogP contribution is -2.54. The van der Waals surface area contributed by atoms with Gasteiger partial charge in [-0.05, 0) is 17.7 Å². The number of nitrogens with one attached hydrogen (secondary N) is 1. The lowest BCUT2D eigenvalue weighted by molar-refractivity contribution is -0.105. The highest BCUT2D eigenvalue weighted by molar-refractivity contribution is 5.29. The van der Waals surface area contributed by atoms with Gasteiger partial charge in [-0.2, -0.15) is 0 Å². The molecule has 3 N–H and O–H groups in total. The van der Waals surface area contributed by atoms with Crippen molar-refractivity contribution in [2.24, 2.45) is 11.1 Å². The van der Waals surface area contributed by atoms with E-state index >= 15 is 0 Å². The predicted octanol–water partition coefficient (Wildman–Crippen LogP) is 0.899. The highest BCUT2D eigenvalue weighted by Gasteiger charge is 2.36. The number of benzene rings is 1. The molecule has 1 aromatic carbocycles. The zero-order chi connectivity index (χ0) is 13.0. The third-order valence-corrected chi connectivity index (χ3v) is 3.29. The molecule has 4 nitrogen and oxygen atoms in total. The van der Waals surface area contributed by atoms with Gasteiger partial charge >= 0.3 is 0 Å². The summed E-state index contributed by atoms with van der Waals surface area (Å²) in [4.78, 5) is 0. The Hall–Kier alpha value is -1.17. The first-order valence-corrected chi connectivity index (χ1v) is 6.00. The van der Waals surface area contributed by atoms with Crippen LogP contribution in [0, 0.1) is 11.2 Å². The average molecular weight is 254 g/mol. The van der Waals surface area contributed by atoms with E-state index in [4.69, 9.17) is 15.2 Å². The van der Waals surface area contributed by atoms with E-state index in [1.165, 1.54) is 13.2 Å². The Morgan fingerprint density at radius 2 is 2.28 bits per heavy atom. The van der Waals surface area contributed by atoms with Crippen LogP contribution in [-0.2, 0) is 11.3 Å². The molecular formula is C13H19FN2O2. The minimum atomic E-state index is -0.336. The normalized spacial score (nSPS) is 17.3. The summed E-state index contributed by atoms with van der Waals surface area (Å²) in [5.74, 6) is -0.0677. The molecular weight excluding hydrogens is 235 g/mol. The van der Waals surface area contributed by atoms with Crippen molar-refractivity contribution in [3.8, 4) is 5.75 Å². The van der Waals surface area contributed by atoms with Gasteiger partial charge < -0.3 is 20.5 Å². The third-order valence-electron chi connectivity index (χ3n) is 3.29. The zero-order valence-corrected chi connectivity index (χ0v) is 10.5.